The number of carbonyl (C=O) groups excluding carboxylic acids is 1. The predicted octanol–water partition coefficient (Wildman–Crippen LogP) is 4.92. The second-order valence-corrected chi connectivity index (χ2v) is 8.81. The van der Waals surface area contributed by atoms with E-state index in [4.69, 9.17) is 4.42 Å². The summed E-state index contributed by atoms with van der Waals surface area (Å²) in [5.74, 6) is -1.80. The van der Waals surface area contributed by atoms with Crippen molar-refractivity contribution in [2.24, 2.45) is 0 Å². The summed E-state index contributed by atoms with van der Waals surface area (Å²) in [6, 6.07) is 10.9. The van der Waals surface area contributed by atoms with Crippen LogP contribution in [0.4, 0.5) is 5.69 Å². The van der Waals surface area contributed by atoms with E-state index in [0.29, 0.717) is 11.4 Å². The Morgan fingerprint density at radius 2 is 1.59 bits per heavy atom. The number of phenolic OH excluding ortho intramolecular Hbond substituents is 3. The lowest BCUT2D eigenvalue weighted by molar-refractivity contribution is 0.102. The molecular formula is C25H23NO6. The molecule has 0 saturated heterocycles. The van der Waals surface area contributed by atoms with Gasteiger partial charge in [0, 0.05) is 23.2 Å². The zero-order valence-corrected chi connectivity index (χ0v) is 18.1. The van der Waals surface area contributed by atoms with Crippen molar-refractivity contribution in [2.75, 3.05) is 5.32 Å². The zero-order valence-electron chi connectivity index (χ0n) is 18.1. The summed E-state index contributed by atoms with van der Waals surface area (Å²) in [7, 11) is 0. The van der Waals surface area contributed by atoms with Crippen LogP contribution >= 0.6 is 0 Å². The van der Waals surface area contributed by atoms with Crippen molar-refractivity contribution in [3.63, 3.8) is 0 Å². The molecule has 0 saturated carbocycles. The Morgan fingerprint density at radius 1 is 0.938 bits per heavy atom. The second kappa shape index (κ2) is 7.30. The highest BCUT2D eigenvalue weighted by Crippen LogP contribution is 2.43. The first kappa shape index (κ1) is 21.2. The Hall–Kier alpha value is -4.00. The average molecular weight is 433 g/mol. The maximum Gasteiger partial charge on any atom is 0.260 e. The summed E-state index contributed by atoms with van der Waals surface area (Å²) >= 11 is 0. The van der Waals surface area contributed by atoms with Gasteiger partial charge in [-0.05, 0) is 36.1 Å². The second-order valence-electron chi connectivity index (χ2n) is 8.81. The summed E-state index contributed by atoms with van der Waals surface area (Å²) in [5.41, 5.74) is 0.939. The number of aryl methyl sites for hydroxylation is 1. The van der Waals surface area contributed by atoms with Crippen LogP contribution in [0.2, 0.25) is 0 Å². The number of amides is 1. The molecule has 0 aliphatic heterocycles. The van der Waals surface area contributed by atoms with Crippen LogP contribution in [-0.4, -0.2) is 21.2 Å². The third-order valence-corrected chi connectivity index (χ3v) is 5.41. The molecule has 0 fully saturated rings. The maximum absolute atomic E-state index is 13.1. The summed E-state index contributed by atoms with van der Waals surface area (Å²) in [6.45, 7) is 7.82. The lowest BCUT2D eigenvalue weighted by Crippen LogP contribution is -2.14. The molecule has 7 heteroatoms. The van der Waals surface area contributed by atoms with Crippen LogP contribution in [0, 0.1) is 6.92 Å². The minimum atomic E-state index is -0.648. The molecule has 4 rings (SSSR count). The van der Waals surface area contributed by atoms with Crippen molar-refractivity contribution in [3.05, 3.63) is 69.6 Å². The number of aromatic hydroxyl groups is 3. The number of phenols is 3. The first-order valence-electron chi connectivity index (χ1n) is 10.0. The van der Waals surface area contributed by atoms with E-state index >= 15 is 0 Å². The molecule has 4 aromatic rings. The maximum atomic E-state index is 13.1. The number of nitrogens with one attached hydrogen (secondary N) is 1. The Labute approximate surface area is 183 Å². The van der Waals surface area contributed by atoms with Gasteiger partial charge in [0.1, 0.15) is 34.0 Å². The summed E-state index contributed by atoms with van der Waals surface area (Å²) in [5, 5.41) is 34.1. The Kier molecular flexibility index (Phi) is 4.85. The molecule has 32 heavy (non-hydrogen) atoms. The molecule has 0 radical (unpaired) electrons. The van der Waals surface area contributed by atoms with E-state index in [9.17, 15) is 24.9 Å². The van der Waals surface area contributed by atoms with Gasteiger partial charge in [0.15, 0.2) is 5.43 Å². The molecule has 164 valence electrons. The Balaban J connectivity index is 1.88. The smallest absolute Gasteiger partial charge is 0.260 e. The van der Waals surface area contributed by atoms with Gasteiger partial charge in [-0.2, -0.15) is 0 Å². The van der Waals surface area contributed by atoms with Crippen LogP contribution in [0.5, 0.6) is 17.2 Å². The fourth-order valence-electron chi connectivity index (χ4n) is 3.78. The molecule has 0 bridgehead atoms. The molecule has 1 heterocycles. The molecule has 1 amide bonds. The van der Waals surface area contributed by atoms with Gasteiger partial charge in [0.2, 0.25) is 0 Å². The van der Waals surface area contributed by atoms with Gasteiger partial charge in [-0.25, -0.2) is 0 Å². The highest BCUT2D eigenvalue weighted by molar-refractivity contribution is 6.19. The minimum absolute atomic E-state index is 0.0357. The first-order valence-corrected chi connectivity index (χ1v) is 10.0. The van der Waals surface area contributed by atoms with Crippen LogP contribution < -0.4 is 10.7 Å². The van der Waals surface area contributed by atoms with Gasteiger partial charge in [0.25, 0.3) is 5.91 Å². The van der Waals surface area contributed by atoms with Gasteiger partial charge >= 0.3 is 0 Å². The van der Waals surface area contributed by atoms with E-state index in [2.05, 4.69) is 26.1 Å². The summed E-state index contributed by atoms with van der Waals surface area (Å²) < 4.78 is 5.55. The molecule has 4 N–H and O–H groups in total. The molecule has 0 atom stereocenters. The van der Waals surface area contributed by atoms with Crippen molar-refractivity contribution < 1.29 is 24.5 Å². The fraction of sp³-hybridized carbons (Fsp3) is 0.200. The number of benzene rings is 3. The molecule has 1 aromatic heterocycles. The van der Waals surface area contributed by atoms with Gasteiger partial charge in [-0.3, -0.25) is 9.59 Å². The zero-order chi connectivity index (χ0) is 23.4. The summed E-state index contributed by atoms with van der Waals surface area (Å²) in [4.78, 5) is 25.5. The highest BCUT2D eigenvalue weighted by Gasteiger charge is 2.24. The number of fused-ring (bicyclic) bond motifs is 2. The fourth-order valence-corrected chi connectivity index (χ4v) is 3.78. The van der Waals surface area contributed by atoms with E-state index in [1.54, 1.807) is 19.1 Å². The third kappa shape index (κ3) is 3.51. The third-order valence-electron chi connectivity index (χ3n) is 5.41. The van der Waals surface area contributed by atoms with Crippen LogP contribution in [-0.2, 0) is 5.41 Å². The standard InChI is InChI=1S/C25H23NO6/c1-12-9-16(27)22-19(32-12)10-15-20(23(22)30)17(28)11-18(29)21(15)24(31)26-14-7-5-13(6-8-14)25(2,3)4/h5-11,28-30H,1-4H3,(H,26,31). The molecule has 0 aliphatic carbocycles. The SMILES string of the molecule is Cc1cc(=O)c2c(O)c3c(O)cc(O)c(C(=O)Nc4ccc(C(C)(C)C)cc4)c3cc2o1. The van der Waals surface area contributed by atoms with E-state index in [1.165, 1.54) is 12.1 Å². The van der Waals surface area contributed by atoms with Crippen molar-refractivity contribution in [1.29, 1.82) is 0 Å². The van der Waals surface area contributed by atoms with E-state index in [0.717, 1.165) is 11.6 Å². The van der Waals surface area contributed by atoms with Crippen LogP contribution in [0.15, 0.2) is 51.7 Å². The van der Waals surface area contributed by atoms with Gasteiger partial charge < -0.3 is 25.1 Å². The van der Waals surface area contributed by atoms with Crippen LogP contribution in [0.25, 0.3) is 21.7 Å². The lowest BCUT2D eigenvalue weighted by atomic mass is 9.87. The number of carbonyl (C=O) groups is 1. The molecule has 7 nitrogen and oxygen atoms in total. The normalized spacial score (nSPS) is 11.8. The van der Waals surface area contributed by atoms with E-state index < -0.39 is 28.6 Å². The topological polar surface area (TPSA) is 120 Å². The largest absolute Gasteiger partial charge is 0.507 e. The Bertz CT molecular complexity index is 1440. The number of rotatable bonds is 2. The van der Waals surface area contributed by atoms with Gasteiger partial charge in [-0.1, -0.05) is 32.9 Å². The van der Waals surface area contributed by atoms with Crippen LogP contribution in [0.3, 0.4) is 0 Å². The van der Waals surface area contributed by atoms with Crippen molar-refractivity contribution in [1.82, 2.24) is 0 Å². The molecule has 0 unspecified atom stereocenters. The van der Waals surface area contributed by atoms with Gasteiger partial charge in [-0.15, -0.1) is 0 Å². The molecule has 3 aromatic carbocycles. The Morgan fingerprint density at radius 3 is 2.22 bits per heavy atom. The molecule has 0 aliphatic rings. The monoisotopic (exact) mass is 433 g/mol. The van der Waals surface area contributed by atoms with Crippen molar-refractivity contribution in [2.45, 2.75) is 33.1 Å². The molecular weight excluding hydrogens is 410 g/mol. The van der Waals surface area contributed by atoms with Crippen LogP contribution in [0.1, 0.15) is 42.5 Å². The number of hydrogen-bond donors (Lipinski definition) is 4. The number of anilines is 1. The lowest BCUT2D eigenvalue weighted by Gasteiger charge is -2.19. The van der Waals surface area contributed by atoms with E-state index in [1.807, 2.05) is 12.1 Å². The van der Waals surface area contributed by atoms with Crippen molar-refractivity contribution in [3.8, 4) is 17.2 Å². The van der Waals surface area contributed by atoms with Gasteiger partial charge in [0.05, 0.1) is 10.9 Å². The van der Waals surface area contributed by atoms with E-state index in [-0.39, 0.29) is 32.7 Å². The minimum Gasteiger partial charge on any atom is -0.507 e. The first-order chi connectivity index (χ1) is 15.0. The quantitative estimate of drug-likeness (QED) is 0.333. The molecule has 0 spiro atoms. The van der Waals surface area contributed by atoms with Crippen molar-refractivity contribution >= 4 is 33.3 Å². The number of hydrogen-bond acceptors (Lipinski definition) is 6. The summed E-state index contributed by atoms with van der Waals surface area (Å²) in [6.07, 6.45) is 0. The predicted molar refractivity (Wildman–Crippen MR) is 123 cm³/mol. The highest BCUT2D eigenvalue weighted by atomic mass is 16.3. The average Bonchev–Trinajstić information content (AvgIpc) is 2.66.